The average molecular weight is 318 g/mol. The molecule has 3 rings (SSSR count). The summed E-state index contributed by atoms with van der Waals surface area (Å²) in [5.74, 6) is -0.166. The van der Waals surface area contributed by atoms with E-state index in [1.165, 1.54) is 50.9 Å². The molecule has 23 heavy (non-hydrogen) atoms. The number of hydrogen-bond donors (Lipinski definition) is 0. The van der Waals surface area contributed by atoms with Crippen molar-refractivity contribution < 1.29 is 9.18 Å². The summed E-state index contributed by atoms with van der Waals surface area (Å²) < 4.78 is 12.9. The minimum atomic E-state index is -0.289. The molecule has 0 N–H and O–H groups in total. The number of rotatable bonds is 5. The van der Waals surface area contributed by atoms with Gasteiger partial charge in [-0.25, -0.2) is 4.39 Å². The molecule has 2 heterocycles. The predicted molar refractivity (Wildman–Crippen MR) is 90.2 cm³/mol. The van der Waals surface area contributed by atoms with Crippen LogP contribution in [0.25, 0.3) is 0 Å². The van der Waals surface area contributed by atoms with Gasteiger partial charge in [-0.2, -0.15) is 0 Å². The van der Waals surface area contributed by atoms with Crippen molar-refractivity contribution in [1.82, 2.24) is 9.80 Å². The highest BCUT2D eigenvalue weighted by atomic mass is 19.1. The second kappa shape index (κ2) is 8.02. The van der Waals surface area contributed by atoms with E-state index in [0.717, 1.165) is 32.1 Å². The first-order chi connectivity index (χ1) is 11.2. The zero-order valence-electron chi connectivity index (χ0n) is 13.8. The van der Waals surface area contributed by atoms with Crippen molar-refractivity contribution >= 4 is 5.78 Å². The zero-order valence-corrected chi connectivity index (χ0v) is 13.8. The lowest BCUT2D eigenvalue weighted by Gasteiger charge is -2.40. The summed E-state index contributed by atoms with van der Waals surface area (Å²) in [6.07, 6.45) is 6.85. The molecule has 0 aromatic heterocycles. The van der Waals surface area contributed by atoms with Crippen LogP contribution in [0.1, 0.15) is 48.9 Å². The quantitative estimate of drug-likeness (QED) is 0.778. The molecular formula is C19H27FN2O. The van der Waals surface area contributed by atoms with Crippen LogP contribution >= 0.6 is 0 Å². The number of carbonyl (C=O) groups is 1. The van der Waals surface area contributed by atoms with Crippen LogP contribution in [0, 0.1) is 5.82 Å². The summed E-state index contributed by atoms with van der Waals surface area (Å²) in [6.45, 7) is 5.72. The monoisotopic (exact) mass is 318 g/mol. The Kier molecular flexibility index (Phi) is 5.79. The molecule has 1 aromatic rings. The van der Waals surface area contributed by atoms with E-state index in [1.807, 2.05) is 0 Å². The Morgan fingerprint density at radius 3 is 2.74 bits per heavy atom. The first-order valence-electron chi connectivity index (χ1n) is 8.97. The lowest BCUT2D eigenvalue weighted by Crippen LogP contribution is -2.52. The molecule has 4 heteroatoms. The maximum absolute atomic E-state index is 12.9. The van der Waals surface area contributed by atoms with Gasteiger partial charge in [0.2, 0.25) is 0 Å². The van der Waals surface area contributed by atoms with Crippen molar-refractivity contribution in [1.29, 1.82) is 0 Å². The van der Waals surface area contributed by atoms with Gasteiger partial charge in [-0.1, -0.05) is 12.8 Å². The number of halogens is 1. The first-order valence-corrected chi connectivity index (χ1v) is 8.97. The predicted octanol–water partition coefficient (Wildman–Crippen LogP) is 3.35. The Morgan fingerprint density at radius 1 is 1.09 bits per heavy atom. The molecule has 0 spiro atoms. The first kappa shape index (κ1) is 16.6. The Balaban J connectivity index is 1.42. The van der Waals surface area contributed by atoms with Crippen molar-refractivity contribution in [2.24, 2.45) is 0 Å². The third-order valence-corrected chi connectivity index (χ3v) is 5.22. The Labute approximate surface area is 138 Å². The number of benzene rings is 1. The summed E-state index contributed by atoms with van der Waals surface area (Å²) in [5.41, 5.74) is 0.625. The third kappa shape index (κ3) is 4.61. The largest absolute Gasteiger partial charge is 0.300 e. The second-order valence-corrected chi connectivity index (χ2v) is 6.87. The van der Waals surface area contributed by atoms with Crippen LogP contribution in [-0.2, 0) is 0 Å². The van der Waals surface area contributed by atoms with Gasteiger partial charge in [-0.05, 0) is 56.6 Å². The molecular weight excluding hydrogens is 291 g/mol. The van der Waals surface area contributed by atoms with Gasteiger partial charge in [0, 0.05) is 37.7 Å². The van der Waals surface area contributed by atoms with Crippen LogP contribution in [0.15, 0.2) is 24.3 Å². The molecule has 0 saturated carbocycles. The summed E-state index contributed by atoms with van der Waals surface area (Å²) in [4.78, 5) is 17.3. The van der Waals surface area contributed by atoms with E-state index < -0.39 is 0 Å². The van der Waals surface area contributed by atoms with Crippen molar-refractivity contribution in [3.8, 4) is 0 Å². The summed E-state index contributed by atoms with van der Waals surface area (Å²) >= 11 is 0. The van der Waals surface area contributed by atoms with E-state index in [2.05, 4.69) is 9.80 Å². The second-order valence-electron chi connectivity index (χ2n) is 6.87. The normalized spacial score (nSPS) is 23.3. The van der Waals surface area contributed by atoms with E-state index in [9.17, 15) is 9.18 Å². The minimum Gasteiger partial charge on any atom is -0.300 e. The van der Waals surface area contributed by atoms with Gasteiger partial charge >= 0.3 is 0 Å². The molecule has 3 nitrogen and oxygen atoms in total. The number of Topliss-reactive ketones (excluding diaryl/α,β-unsaturated/α-hetero) is 1. The number of fused-ring (bicyclic) bond motifs is 1. The SMILES string of the molecule is O=C(CCCN1CCN2CCCCC[C@@H]2C1)c1ccc(F)cc1. The van der Waals surface area contributed by atoms with Crippen LogP contribution in [0.2, 0.25) is 0 Å². The van der Waals surface area contributed by atoms with Crippen LogP contribution < -0.4 is 0 Å². The molecule has 126 valence electrons. The van der Waals surface area contributed by atoms with Crippen LogP contribution in [0.5, 0.6) is 0 Å². The van der Waals surface area contributed by atoms with Crippen molar-refractivity contribution in [2.75, 3.05) is 32.7 Å². The zero-order chi connectivity index (χ0) is 16.1. The minimum absolute atomic E-state index is 0.123. The number of ketones is 1. The Morgan fingerprint density at radius 2 is 1.91 bits per heavy atom. The van der Waals surface area contributed by atoms with Gasteiger partial charge in [0.05, 0.1) is 0 Å². The molecule has 2 fully saturated rings. The van der Waals surface area contributed by atoms with E-state index in [1.54, 1.807) is 12.1 Å². The van der Waals surface area contributed by atoms with Gasteiger partial charge < -0.3 is 4.90 Å². The Bertz CT molecular complexity index is 517. The Hall–Kier alpha value is -1.26. The van der Waals surface area contributed by atoms with Crippen molar-refractivity contribution in [3.05, 3.63) is 35.6 Å². The molecule has 0 amide bonds. The summed E-state index contributed by atoms with van der Waals surface area (Å²) in [6, 6.07) is 6.61. The van der Waals surface area contributed by atoms with Gasteiger partial charge in [-0.15, -0.1) is 0 Å². The molecule has 2 aliphatic rings. The van der Waals surface area contributed by atoms with Gasteiger partial charge in [0.25, 0.3) is 0 Å². The standard InChI is InChI=1S/C19H27FN2O/c20-17-9-7-16(8-10-17)19(23)6-4-11-21-13-14-22-12-3-1-2-5-18(22)15-21/h7-10,18H,1-6,11-15H2/t18-/m1/s1. The molecule has 1 atom stereocenters. The summed E-state index contributed by atoms with van der Waals surface area (Å²) in [5, 5.41) is 0. The van der Waals surface area contributed by atoms with Crippen LogP contribution in [-0.4, -0.2) is 54.3 Å². The van der Waals surface area contributed by atoms with Gasteiger partial charge in [-0.3, -0.25) is 9.69 Å². The molecule has 2 saturated heterocycles. The van der Waals surface area contributed by atoms with Crippen LogP contribution in [0.3, 0.4) is 0 Å². The number of nitrogens with zero attached hydrogens (tertiary/aromatic N) is 2. The fourth-order valence-electron chi connectivity index (χ4n) is 3.84. The van der Waals surface area contributed by atoms with E-state index in [-0.39, 0.29) is 11.6 Å². The molecule has 0 unspecified atom stereocenters. The lowest BCUT2D eigenvalue weighted by molar-refractivity contribution is 0.0741. The van der Waals surface area contributed by atoms with Gasteiger partial charge in [0.1, 0.15) is 5.82 Å². The molecule has 0 aliphatic carbocycles. The third-order valence-electron chi connectivity index (χ3n) is 5.22. The van der Waals surface area contributed by atoms with E-state index >= 15 is 0 Å². The maximum atomic E-state index is 12.9. The fourth-order valence-corrected chi connectivity index (χ4v) is 3.84. The summed E-state index contributed by atoms with van der Waals surface area (Å²) in [7, 11) is 0. The van der Waals surface area contributed by atoms with Gasteiger partial charge in [0.15, 0.2) is 5.78 Å². The maximum Gasteiger partial charge on any atom is 0.162 e. The number of hydrogen-bond acceptors (Lipinski definition) is 3. The molecule has 0 bridgehead atoms. The highest BCUT2D eigenvalue weighted by Gasteiger charge is 2.27. The molecule has 1 aromatic carbocycles. The number of piperazine rings is 1. The smallest absolute Gasteiger partial charge is 0.162 e. The average Bonchev–Trinajstić information content (AvgIpc) is 2.80. The van der Waals surface area contributed by atoms with E-state index in [4.69, 9.17) is 0 Å². The van der Waals surface area contributed by atoms with Crippen molar-refractivity contribution in [2.45, 2.75) is 44.6 Å². The topological polar surface area (TPSA) is 23.6 Å². The van der Waals surface area contributed by atoms with Crippen molar-refractivity contribution in [3.63, 3.8) is 0 Å². The highest BCUT2D eigenvalue weighted by Crippen LogP contribution is 2.21. The lowest BCUT2D eigenvalue weighted by atomic mass is 10.0. The van der Waals surface area contributed by atoms with E-state index in [0.29, 0.717) is 12.0 Å². The molecule has 2 aliphatic heterocycles. The fraction of sp³-hybridized carbons (Fsp3) is 0.632. The molecule has 0 radical (unpaired) electrons. The van der Waals surface area contributed by atoms with Crippen LogP contribution in [0.4, 0.5) is 4.39 Å². The highest BCUT2D eigenvalue weighted by molar-refractivity contribution is 5.95. The number of carbonyl (C=O) groups excluding carboxylic acids is 1.